The van der Waals surface area contributed by atoms with Gasteiger partial charge in [-0.05, 0) is 0 Å². The van der Waals surface area contributed by atoms with Crippen LogP contribution >= 0.6 is 0 Å². The monoisotopic (exact) mass is 261 g/mol. The zero-order chi connectivity index (χ0) is 12.9. The van der Waals surface area contributed by atoms with Crippen molar-refractivity contribution in [2.75, 3.05) is 13.2 Å². The van der Waals surface area contributed by atoms with Crippen molar-refractivity contribution in [3.05, 3.63) is 0 Å². The minimum absolute atomic E-state index is 0.0655. The van der Waals surface area contributed by atoms with Crippen LogP contribution in [-0.4, -0.2) is 34.5 Å². The summed E-state index contributed by atoms with van der Waals surface area (Å²) in [5, 5.41) is 0. The summed E-state index contributed by atoms with van der Waals surface area (Å²) in [5.74, 6) is 0. The van der Waals surface area contributed by atoms with Crippen molar-refractivity contribution in [1.29, 1.82) is 0 Å². The molecule has 4 nitrogen and oxygen atoms in total. The Kier molecular flexibility index (Phi) is 3.20. The fourth-order valence-electron chi connectivity index (χ4n) is 2.04. The molecule has 0 aromatic carbocycles. The van der Waals surface area contributed by atoms with Gasteiger partial charge in [-0.25, -0.2) is 0 Å². The third-order valence-electron chi connectivity index (χ3n) is 3.50. The second kappa shape index (κ2) is 4.03. The standard InChI is InChI=1S/C12H25O4Si/c1-11(2,3)9-7-13-17(15-9)14-8-10(16-17)12(4,5)6/h9-10,17H,7-8H2,1-6H3/q-1. The fourth-order valence-corrected chi connectivity index (χ4v) is 5.11. The van der Waals surface area contributed by atoms with Crippen LogP contribution in [0.4, 0.5) is 0 Å². The third-order valence-corrected chi connectivity index (χ3v) is 6.02. The minimum atomic E-state index is -3.13. The molecule has 2 aliphatic heterocycles. The Morgan fingerprint density at radius 1 is 0.765 bits per heavy atom. The van der Waals surface area contributed by atoms with Crippen molar-refractivity contribution in [2.24, 2.45) is 10.8 Å². The van der Waals surface area contributed by atoms with E-state index in [0.717, 1.165) is 0 Å². The molecule has 5 heteroatoms. The third kappa shape index (κ3) is 2.74. The molecule has 0 saturated carbocycles. The van der Waals surface area contributed by atoms with Gasteiger partial charge in [0.2, 0.25) is 0 Å². The van der Waals surface area contributed by atoms with Crippen molar-refractivity contribution in [1.82, 2.24) is 0 Å². The maximum absolute atomic E-state index is 6.00. The van der Waals surface area contributed by atoms with E-state index >= 15 is 0 Å². The molecular weight excluding hydrogens is 236 g/mol. The van der Waals surface area contributed by atoms with E-state index in [1.165, 1.54) is 0 Å². The average Bonchev–Trinajstić information content (AvgIpc) is 2.72. The van der Waals surface area contributed by atoms with Crippen LogP contribution in [0.15, 0.2) is 0 Å². The van der Waals surface area contributed by atoms with Crippen molar-refractivity contribution in [3.63, 3.8) is 0 Å². The molecular formula is C12H25O4Si-. The first kappa shape index (κ1) is 13.5. The molecule has 0 amide bonds. The van der Waals surface area contributed by atoms with E-state index in [-0.39, 0.29) is 23.0 Å². The summed E-state index contributed by atoms with van der Waals surface area (Å²) in [6.07, 6.45) is 0.150. The summed E-state index contributed by atoms with van der Waals surface area (Å²) in [5.41, 5.74) is 0.131. The summed E-state index contributed by atoms with van der Waals surface area (Å²) in [6.45, 7) is 14.1. The fraction of sp³-hybridized carbons (Fsp3) is 1.00. The number of hydrogen-bond donors (Lipinski definition) is 0. The predicted molar refractivity (Wildman–Crippen MR) is 67.7 cm³/mol. The summed E-state index contributed by atoms with van der Waals surface area (Å²) in [6, 6.07) is 0. The Balaban J connectivity index is 2.01. The molecule has 102 valence electrons. The summed E-state index contributed by atoms with van der Waals surface area (Å²) >= 11 is 0. The van der Waals surface area contributed by atoms with Gasteiger partial charge in [-0.1, -0.05) is 0 Å². The predicted octanol–water partition coefficient (Wildman–Crippen LogP) is 2.08. The van der Waals surface area contributed by atoms with Crippen molar-refractivity contribution < 1.29 is 17.7 Å². The van der Waals surface area contributed by atoms with Gasteiger partial charge in [0, 0.05) is 0 Å². The second-order valence-electron chi connectivity index (χ2n) is 7.23. The quantitative estimate of drug-likeness (QED) is 0.626. The molecule has 2 unspecified atom stereocenters. The number of hydrogen-bond acceptors (Lipinski definition) is 4. The van der Waals surface area contributed by atoms with Crippen LogP contribution in [0, 0.1) is 10.8 Å². The summed E-state index contributed by atoms with van der Waals surface area (Å²) in [4.78, 5) is 0. The van der Waals surface area contributed by atoms with Crippen LogP contribution < -0.4 is 0 Å². The zero-order valence-corrected chi connectivity index (χ0v) is 12.9. The molecule has 0 aliphatic carbocycles. The molecule has 0 radical (unpaired) electrons. The van der Waals surface area contributed by atoms with E-state index in [1.54, 1.807) is 0 Å². The van der Waals surface area contributed by atoms with Gasteiger partial charge in [0.1, 0.15) is 0 Å². The van der Waals surface area contributed by atoms with Crippen molar-refractivity contribution in [3.8, 4) is 0 Å². The molecule has 0 N–H and O–H groups in total. The normalized spacial score (nSPS) is 35.4. The zero-order valence-electron chi connectivity index (χ0n) is 11.8. The van der Waals surface area contributed by atoms with Gasteiger partial charge in [0.05, 0.1) is 0 Å². The SMILES string of the molecule is CC(C)(C)C1CO[SiH-]2(OCC(C(C)(C)C)O2)O1. The van der Waals surface area contributed by atoms with Crippen LogP contribution in [-0.2, 0) is 17.7 Å². The van der Waals surface area contributed by atoms with E-state index in [2.05, 4.69) is 41.5 Å². The van der Waals surface area contributed by atoms with Gasteiger partial charge in [0.15, 0.2) is 0 Å². The first-order chi connectivity index (χ1) is 7.62. The Bertz CT molecular complexity index is 262. The summed E-state index contributed by atoms with van der Waals surface area (Å²) < 4.78 is 23.5. The van der Waals surface area contributed by atoms with Crippen LogP contribution in [0.25, 0.3) is 0 Å². The van der Waals surface area contributed by atoms with Gasteiger partial charge in [0.25, 0.3) is 0 Å². The maximum atomic E-state index is 6.00. The van der Waals surface area contributed by atoms with E-state index < -0.39 is 9.05 Å². The summed E-state index contributed by atoms with van der Waals surface area (Å²) in [7, 11) is -3.13. The molecule has 17 heavy (non-hydrogen) atoms. The molecule has 2 heterocycles. The topological polar surface area (TPSA) is 36.9 Å². The second-order valence-corrected chi connectivity index (χ2v) is 9.59. The molecule has 1 spiro atoms. The molecule has 2 aliphatic rings. The van der Waals surface area contributed by atoms with Crippen molar-refractivity contribution >= 4 is 9.05 Å². The van der Waals surface area contributed by atoms with Gasteiger partial charge >= 0.3 is 105 Å². The molecule has 2 atom stereocenters. The van der Waals surface area contributed by atoms with E-state index in [1.807, 2.05) is 0 Å². The molecule has 2 saturated heterocycles. The Hall–Kier alpha value is 0.0569. The van der Waals surface area contributed by atoms with Gasteiger partial charge in [-0.3, -0.25) is 0 Å². The molecule has 2 fully saturated rings. The van der Waals surface area contributed by atoms with E-state index in [4.69, 9.17) is 17.7 Å². The van der Waals surface area contributed by atoms with Gasteiger partial charge in [-0.2, -0.15) is 0 Å². The van der Waals surface area contributed by atoms with E-state index in [9.17, 15) is 0 Å². The first-order valence-corrected chi connectivity index (χ1v) is 8.27. The van der Waals surface area contributed by atoms with Crippen molar-refractivity contribution in [2.45, 2.75) is 53.8 Å². The molecule has 0 aromatic heterocycles. The van der Waals surface area contributed by atoms with Crippen LogP contribution in [0.1, 0.15) is 41.5 Å². The van der Waals surface area contributed by atoms with Gasteiger partial charge in [-0.15, -0.1) is 0 Å². The number of rotatable bonds is 0. The van der Waals surface area contributed by atoms with Crippen LogP contribution in [0.3, 0.4) is 0 Å². The molecule has 0 bridgehead atoms. The van der Waals surface area contributed by atoms with Crippen LogP contribution in [0.5, 0.6) is 0 Å². The Labute approximate surface area is 105 Å². The molecule has 0 aromatic rings. The molecule has 2 rings (SSSR count). The van der Waals surface area contributed by atoms with Gasteiger partial charge < -0.3 is 0 Å². The average molecular weight is 261 g/mol. The first-order valence-electron chi connectivity index (χ1n) is 6.39. The Morgan fingerprint density at radius 3 is 1.35 bits per heavy atom. The Morgan fingerprint density at radius 2 is 1.12 bits per heavy atom. The van der Waals surface area contributed by atoms with Crippen LogP contribution in [0.2, 0.25) is 0 Å². The van der Waals surface area contributed by atoms with E-state index in [0.29, 0.717) is 13.2 Å².